The van der Waals surface area contributed by atoms with Crippen molar-refractivity contribution in [3.8, 4) is 0 Å². The first-order valence-corrected chi connectivity index (χ1v) is 7.02. The van der Waals surface area contributed by atoms with Gasteiger partial charge in [0, 0.05) is 13.1 Å². The Morgan fingerprint density at radius 2 is 1.88 bits per heavy atom. The molecule has 0 saturated heterocycles. The molecule has 0 aromatic carbocycles. The van der Waals surface area contributed by atoms with Crippen LogP contribution in [0.25, 0.3) is 0 Å². The lowest BCUT2D eigenvalue weighted by molar-refractivity contribution is 0.00522. The molecule has 0 amide bonds. The van der Waals surface area contributed by atoms with Crippen LogP contribution in [0.4, 0.5) is 0 Å². The Morgan fingerprint density at radius 1 is 1.24 bits per heavy atom. The molecule has 1 aliphatic rings. The highest BCUT2D eigenvalue weighted by atomic mass is 16.5. The van der Waals surface area contributed by atoms with E-state index in [-0.39, 0.29) is 12.2 Å². The SMILES string of the molecule is CC(C)OCC(O)CNCC1(C)CCCCC1. The lowest BCUT2D eigenvalue weighted by Crippen LogP contribution is -2.38. The maximum Gasteiger partial charge on any atom is 0.0897 e. The lowest BCUT2D eigenvalue weighted by Gasteiger charge is -2.34. The minimum atomic E-state index is -0.385. The lowest BCUT2D eigenvalue weighted by atomic mass is 9.76. The van der Waals surface area contributed by atoms with Crippen LogP contribution in [-0.4, -0.2) is 37.0 Å². The van der Waals surface area contributed by atoms with Crippen molar-refractivity contribution >= 4 is 0 Å². The van der Waals surface area contributed by atoms with E-state index in [0.717, 1.165) is 6.54 Å². The van der Waals surface area contributed by atoms with Gasteiger partial charge in [0.15, 0.2) is 0 Å². The van der Waals surface area contributed by atoms with Gasteiger partial charge in [0.05, 0.1) is 18.8 Å². The Bertz CT molecular complexity index is 200. The van der Waals surface area contributed by atoms with Crippen LogP contribution in [0.15, 0.2) is 0 Å². The Labute approximate surface area is 106 Å². The molecule has 0 radical (unpaired) electrons. The van der Waals surface area contributed by atoms with Crippen LogP contribution in [0.3, 0.4) is 0 Å². The summed E-state index contributed by atoms with van der Waals surface area (Å²) in [7, 11) is 0. The van der Waals surface area contributed by atoms with Crippen LogP contribution >= 0.6 is 0 Å². The molecule has 1 rings (SSSR count). The Morgan fingerprint density at radius 3 is 2.47 bits per heavy atom. The minimum Gasteiger partial charge on any atom is -0.389 e. The predicted octanol–water partition coefficient (Wildman–Crippen LogP) is 2.33. The smallest absolute Gasteiger partial charge is 0.0897 e. The third-order valence-electron chi connectivity index (χ3n) is 3.61. The van der Waals surface area contributed by atoms with Crippen molar-refractivity contribution in [2.75, 3.05) is 19.7 Å². The summed E-state index contributed by atoms with van der Waals surface area (Å²) < 4.78 is 5.38. The van der Waals surface area contributed by atoms with E-state index in [1.807, 2.05) is 13.8 Å². The normalized spacial score (nSPS) is 21.7. The van der Waals surface area contributed by atoms with Gasteiger partial charge in [-0.25, -0.2) is 0 Å². The van der Waals surface area contributed by atoms with Crippen molar-refractivity contribution in [1.82, 2.24) is 5.32 Å². The summed E-state index contributed by atoms with van der Waals surface area (Å²) in [4.78, 5) is 0. The second-order valence-electron chi connectivity index (χ2n) is 6.04. The molecule has 1 fully saturated rings. The van der Waals surface area contributed by atoms with Gasteiger partial charge in [0.25, 0.3) is 0 Å². The largest absolute Gasteiger partial charge is 0.389 e. The molecule has 1 saturated carbocycles. The van der Waals surface area contributed by atoms with Crippen molar-refractivity contribution in [3.05, 3.63) is 0 Å². The molecule has 17 heavy (non-hydrogen) atoms. The van der Waals surface area contributed by atoms with Gasteiger partial charge >= 0.3 is 0 Å². The molecule has 0 aliphatic heterocycles. The van der Waals surface area contributed by atoms with Crippen LogP contribution in [-0.2, 0) is 4.74 Å². The van der Waals surface area contributed by atoms with Gasteiger partial charge in [-0.15, -0.1) is 0 Å². The first-order chi connectivity index (χ1) is 8.02. The average molecular weight is 243 g/mol. The van der Waals surface area contributed by atoms with Crippen LogP contribution in [0.1, 0.15) is 52.9 Å². The molecule has 0 bridgehead atoms. The molecule has 0 spiro atoms. The van der Waals surface area contributed by atoms with E-state index in [2.05, 4.69) is 12.2 Å². The van der Waals surface area contributed by atoms with E-state index >= 15 is 0 Å². The van der Waals surface area contributed by atoms with Gasteiger partial charge in [-0.05, 0) is 32.1 Å². The molecule has 3 nitrogen and oxygen atoms in total. The number of ether oxygens (including phenoxy) is 1. The maximum atomic E-state index is 9.72. The van der Waals surface area contributed by atoms with Gasteiger partial charge in [0.1, 0.15) is 0 Å². The standard InChI is InChI=1S/C14H29NO2/c1-12(2)17-10-13(16)9-15-11-14(3)7-5-4-6-8-14/h12-13,15-16H,4-11H2,1-3H3. The molecule has 1 atom stereocenters. The third-order valence-corrected chi connectivity index (χ3v) is 3.61. The molecule has 102 valence electrons. The number of aliphatic hydroxyl groups is 1. The summed E-state index contributed by atoms with van der Waals surface area (Å²) in [6.07, 6.45) is 6.55. The number of aliphatic hydroxyl groups excluding tert-OH is 1. The van der Waals surface area contributed by atoms with Crippen molar-refractivity contribution in [2.24, 2.45) is 5.41 Å². The summed E-state index contributed by atoms with van der Waals surface area (Å²) in [5, 5.41) is 13.1. The zero-order chi connectivity index (χ0) is 12.7. The molecular weight excluding hydrogens is 214 g/mol. The fourth-order valence-corrected chi connectivity index (χ4v) is 2.49. The molecule has 1 unspecified atom stereocenters. The number of nitrogens with one attached hydrogen (secondary N) is 1. The second-order valence-corrected chi connectivity index (χ2v) is 6.04. The van der Waals surface area contributed by atoms with Gasteiger partial charge in [-0.3, -0.25) is 0 Å². The first kappa shape index (κ1) is 14.9. The van der Waals surface area contributed by atoms with E-state index < -0.39 is 0 Å². The predicted molar refractivity (Wildman–Crippen MR) is 71.2 cm³/mol. The summed E-state index contributed by atoms with van der Waals surface area (Å²) in [6, 6.07) is 0. The molecule has 3 heteroatoms. The Kier molecular flexibility index (Phi) is 6.45. The van der Waals surface area contributed by atoms with Crippen molar-refractivity contribution in [3.63, 3.8) is 0 Å². The van der Waals surface area contributed by atoms with E-state index in [9.17, 15) is 5.11 Å². The minimum absolute atomic E-state index is 0.195. The molecule has 0 aromatic rings. The highest BCUT2D eigenvalue weighted by Gasteiger charge is 2.26. The summed E-state index contributed by atoms with van der Waals surface area (Å²) >= 11 is 0. The first-order valence-electron chi connectivity index (χ1n) is 7.02. The fraction of sp³-hybridized carbons (Fsp3) is 1.00. The molecule has 0 aromatic heterocycles. The van der Waals surface area contributed by atoms with Crippen LogP contribution in [0.2, 0.25) is 0 Å². The van der Waals surface area contributed by atoms with Gasteiger partial charge < -0.3 is 15.2 Å². The van der Waals surface area contributed by atoms with Crippen LogP contribution in [0.5, 0.6) is 0 Å². The topological polar surface area (TPSA) is 41.5 Å². The summed E-state index contributed by atoms with van der Waals surface area (Å²) in [5.41, 5.74) is 0.441. The van der Waals surface area contributed by atoms with Gasteiger partial charge in [-0.2, -0.15) is 0 Å². The summed E-state index contributed by atoms with van der Waals surface area (Å²) in [6.45, 7) is 8.43. The molecule has 1 aliphatic carbocycles. The van der Waals surface area contributed by atoms with Crippen molar-refractivity contribution in [1.29, 1.82) is 0 Å². The van der Waals surface area contributed by atoms with Gasteiger partial charge in [-0.1, -0.05) is 26.2 Å². The third kappa shape index (κ3) is 6.39. The average Bonchev–Trinajstić information content (AvgIpc) is 2.27. The highest BCUT2D eigenvalue weighted by molar-refractivity contribution is 4.80. The fourth-order valence-electron chi connectivity index (χ4n) is 2.49. The van der Waals surface area contributed by atoms with E-state index in [0.29, 0.717) is 18.6 Å². The number of rotatable bonds is 7. The Balaban J connectivity index is 2.09. The summed E-state index contributed by atoms with van der Waals surface area (Å²) in [5.74, 6) is 0. The molecule has 0 heterocycles. The molecule has 2 N–H and O–H groups in total. The van der Waals surface area contributed by atoms with E-state index in [4.69, 9.17) is 4.74 Å². The number of hydrogen-bond donors (Lipinski definition) is 2. The van der Waals surface area contributed by atoms with Crippen LogP contribution in [0, 0.1) is 5.41 Å². The van der Waals surface area contributed by atoms with E-state index in [1.54, 1.807) is 0 Å². The van der Waals surface area contributed by atoms with Crippen molar-refractivity contribution in [2.45, 2.75) is 65.1 Å². The zero-order valence-electron chi connectivity index (χ0n) is 11.7. The monoisotopic (exact) mass is 243 g/mol. The quantitative estimate of drug-likeness (QED) is 0.721. The molecular formula is C14H29NO2. The number of hydrogen-bond acceptors (Lipinski definition) is 3. The van der Waals surface area contributed by atoms with Crippen LogP contribution < -0.4 is 5.32 Å². The van der Waals surface area contributed by atoms with Crippen molar-refractivity contribution < 1.29 is 9.84 Å². The van der Waals surface area contributed by atoms with E-state index in [1.165, 1.54) is 32.1 Å². The maximum absolute atomic E-state index is 9.72. The zero-order valence-corrected chi connectivity index (χ0v) is 11.7. The van der Waals surface area contributed by atoms with Gasteiger partial charge in [0.2, 0.25) is 0 Å². The second kappa shape index (κ2) is 7.34. The Hall–Kier alpha value is -0.120. The highest BCUT2D eigenvalue weighted by Crippen LogP contribution is 2.34.